The quantitative estimate of drug-likeness (QED) is 0.492. The highest BCUT2D eigenvalue weighted by atomic mass is 16.5. The van der Waals surface area contributed by atoms with Gasteiger partial charge in [0.25, 0.3) is 0 Å². The summed E-state index contributed by atoms with van der Waals surface area (Å²) in [5.41, 5.74) is 0. The Bertz CT molecular complexity index is 189. The Balaban J connectivity index is 2.43. The van der Waals surface area contributed by atoms with Gasteiger partial charge < -0.3 is 4.74 Å². The largest absolute Gasteiger partial charge is 0.465 e. The summed E-state index contributed by atoms with van der Waals surface area (Å²) < 4.78 is 4.89. The SMILES string of the molecule is CCOC(=O)[C@@H]1CC=C[C@@H](C)N1. The standard InChI is InChI=1S/C9H15NO2/c1-3-12-9(11)8-6-4-5-7(2)10-8/h4-5,7-8,10H,3,6H2,1-2H3/t7-,8+/m1/s1. The molecule has 0 aromatic carbocycles. The first-order chi connectivity index (χ1) is 5.74. The topological polar surface area (TPSA) is 38.3 Å². The molecule has 0 spiro atoms. The maximum Gasteiger partial charge on any atom is 0.323 e. The van der Waals surface area contributed by atoms with E-state index in [9.17, 15) is 4.79 Å². The van der Waals surface area contributed by atoms with Gasteiger partial charge in [-0.15, -0.1) is 0 Å². The van der Waals surface area contributed by atoms with Crippen LogP contribution in [-0.4, -0.2) is 24.7 Å². The van der Waals surface area contributed by atoms with Crippen LogP contribution in [0.15, 0.2) is 12.2 Å². The Kier molecular flexibility index (Phi) is 3.29. The van der Waals surface area contributed by atoms with Crippen molar-refractivity contribution in [2.45, 2.75) is 32.4 Å². The summed E-state index contributed by atoms with van der Waals surface area (Å²) in [4.78, 5) is 11.2. The fourth-order valence-electron chi connectivity index (χ4n) is 1.27. The van der Waals surface area contributed by atoms with E-state index in [0.29, 0.717) is 6.61 Å². The predicted molar refractivity (Wildman–Crippen MR) is 46.8 cm³/mol. The predicted octanol–water partition coefficient (Wildman–Crippen LogP) is 0.856. The third-order valence-electron chi connectivity index (χ3n) is 1.83. The molecule has 0 saturated carbocycles. The molecule has 3 heteroatoms. The zero-order valence-electron chi connectivity index (χ0n) is 7.54. The minimum absolute atomic E-state index is 0.145. The van der Waals surface area contributed by atoms with Crippen molar-refractivity contribution in [1.82, 2.24) is 5.32 Å². The number of esters is 1. The van der Waals surface area contributed by atoms with Crippen LogP contribution in [0.3, 0.4) is 0 Å². The van der Waals surface area contributed by atoms with Crippen LogP contribution in [0.25, 0.3) is 0 Å². The maximum atomic E-state index is 11.2. The van der Waals surface area contributed by atoms with Crippen LogP contribution in [-0.2, 0) is 9.53 Å². The Hall–Kier alpha value is -0.830. The van der Waals surface area contributed by atoms with Gasteiger partial charge in [0, 0.05) is 6.04 Å². The second-order valence-corrected chi connectivity index (χ2v) is 2.92. The molecule has 0 aromatic rings. The fourth-order valence-corrected chi connectivity index (χ4v) is 1.27. The molecule has 0 fully saturated rings. The van der Waals surface area contributed by atoms with Crippen molar-refractivity contribution in [2.75, 3.05) is 6.61 Å². The number of carbonyl (C=O) groups excluding carboxylic acids is 1. The highest BCUT2D eigenvalue weighted by Crippen LogP contribution is 2.05. The fraction of sp³-hybridized carbons (Fsp3) is 0.667. The number of hydrogen-bond donors (Lipinski definition) is 1. The molecule has 68 valence electrons. The van der Waals surface area contributed by atoms with E-state index in [1.165, 1.54) is 0 Å². The summed E-state index contributed by atoms with van der Waals surface area (Å²) in [7, 11) is 0. The first kappa shape index (κ1) is 9.26. The normalized spacial score (nSPS) is 28.5. The average molecular weight is 169 g/mol. The average Bonchev–Trinajstić information content (AvgIpc) is 2.05. The summed E-state index contributed by atoms with van der Waals surface area (Å²) in [6.45, 7) is 4.29. The van der Waals surface area contributed by atoms with Gasteiger partial charge in [0.1, 0.15) is 6.04 Å². The van der Waals surface area contributed by atoms with Gasteiger partial charge >= 0.3 is 5.97 Å². The van der Waals surface area contributed by atoms with Gasteiger partial charge in [-0.3, -0.25) is 10.1 Å². The molecule has 0 aliphatic carbocycles. The minimum atomic E-state index is -0.148. The number of nitrogens with one attached hydrogen (secondary N) is 1. The molecule has 2 atom stereocenters. The van der Waals surface area contributed by atoms with Crippen LogP contribution in [0.1, 0.15) is 20.3 Å². The molecular formula is C9H15NO2. The molecular weight excluding hydrogens is 154 g/mol. The Morgan fingerprint density at radius 3 is 3.08 bits per heavy atom. The van der Waals surface area contributed by atoms with Crippen LogP contribution in [0.2, 0.25) is 0 Å². The molecule has 0 aromatic heterocycles. The molecule has 12 heavy (non-hydrogen) atoms. The van der Waals surface area contributed by atoms with Crippen LogP contribution < -0.4 is 5.32 Å². The zero-order valence-corrected chi connectivity index (χ0v) is 7.54. The van der Waals surface area contributed by atoms with Crippen molar-refractivity contribution >= 4 is 5.97 Å². The van der Waals surface area contributed by atoms with Crippen molar-refractivity contribution in [1.29, 1.82) is 0 Å². The number of carbonyl (C=O) groups is 1. The zero-order chi connectivity index (χ0) is 8.97. The van der Waals surface area contributed by atoms with E-state index in [0.717, 1.165) is 6.42 Å². The van der Waals surface area contributed by atoms with E-state index >= 15 is 0 Å². The molecule has 1 rings (SSSR count). The van der Waals surface area contributed by atoms with Gasteiger partial charge in [-0.25, -0.2) is 0 Å². The van der Waals surface area contributed by atoms with E-state index in [1.54, 1.807) is 0 Å². The van der Waals surface area contributed by atoms with E-state index in [1.807, 2.05) is 19.9 Å². The third-order valence-corrected chi connectivity index (χ3v) is 1.83. The molecule has 1 heterocycles. The minimum Gasteiger partial charge on any atom is -0.465 e. The highest BCUT2D eigenvalue weighted by Gasteiger charge is 2.21. The number of rotatable bonds is 2. The van der Waals surface area contributed by atoms with Gasteiger partial charge in [0.2, 0.25) is 0 Å². The summed E-state index contributed by atoms with van der Waals surface area (Å²) in [5, 5.41) is 3.14. The van der Waals surface area contributed by atoms with Crippen molar-refractivity contribution < 1.29 is 9.53 Å². The maximum absolute atomic E-state index is 11.2. The molecule has 1 aliphatic heterocycles. The van der Waals surface area contributed by atoms with Crippen LogP contribution in [0.4, 0.5) is 0 Å². The smallest absolute Gasteiger partial charge is 0.323 e. The monoisotopic (exact) mass is 169 g/mol. The number of ether oxygens (including phenoxy) is 1. The summed E-state index contributed by atoms with van der Waals surface area (Å²) in [6, 6.07) is 0.123. The molecule has 1 aliphatic rings. The summed E-state index contributed by atoms with van der Waals surface area (Å²) in [6.07, 6.45) is 4.81. The third kappa shape index (κ3) is 2.34. The second kappa shape index (κ2) is 4.26. The van der Waals surface area contributed by atoms with Crippen molar-refractivity contribution in [2.24, 2.45) is 0 Å². The van der Waals surface area contributed by atoms with Gasteiger partial charge in [-0.05, 0) is 20.3 Å². The lowest BCUT2D eigenvalue weighted by atomic mass is 10.1. The van der Waals surface area contributed by atoms with E-state index in [4.69, 9.17) is 4.74 Å². The number of hydrogen-bond acceptors (Lipinski definition) is 3. The van der Waals surface area contributed by atoms with Gasteiger partial charge in [0.05, 0.1) is 6.61 Å². The first-order valence-electron chi connectivity index (χ1n) is 4.33. The molecule has 0 amide bonds. The van der Waals surface area contributed by atoms with E-state index in [2.05, 4.69) is 11.4 Å². The van der Waals surface area contributed by atoms with E-state index < -0.39 is 0 Å². The van der Waals surface area contributed by atoms with E-state index in [-0.39, 0.29) is 18.1 Å². The Morgan fingerprint density at radius 1 is 1.75 bits per heavy atom. The molecule has 0 bridgehead atoms. The molecule has 3 nitrogen and oxygen atoms in total. The van der Waals surface area contributed by atoms with Gasteiger partial charge in [0.15, 0.2) is 0 Å². The van der Waals surface area contributed by atoms with Crippen molar-refractivity contribution in [3.63, 3.8) is 0 Å². The first-order valence-corrected chi connectivity index (χ1v) is 4.33. The Morgan fingerprint density at radius 2 is 2.50 bits per heavy atom. The molecule has 0 saturated heterocycles. The molecule has 1 N–H and O–H groups in total. The summed E-state index contributed by atoms with van der Waals surface area (Å²) in [5.74, 6) is -0.145. The van der Waals surface area contributed by atoms with Crippen molar-refractivity contribution in [3.8, 4) is 0 Å². The highest BCUT2D eigenvalue weighted by molar-refractivity contribution is 5.76. The summed E-state index contributed by atoms with van der Waals surface area (Å²) >= 11 is 0. The van der Waals surface area contributed by atoms with Crippen LogP contribution in [0, 0.1) is 0 Å². The lowest BCUT2D eigenvalue weighted by Crippen LogP contribution is -2.44. The lowest BCUT2D eigenvalue weighted by molar-refractivity contribution is -0.145. The van der Waals surface area contributed by atoms with Crippen molar-refractivity contribution in [3.05, 3.63) is 12.2 Å². The Labute approximate surface area is 72.8 Å². The van der Waals surface area contributed by atoms with Gasteiger partial charge in [-0.1, -0.05) is 12.2 Å². The second-order valence-electron chi connectivity index (χ2n) is 2.92. The van der Waals surface area contributed by atoms with Crippen LogP contribution in [0.5, 0.6) is 0 Å². The van der Waals surface area contributed by atoms with Crippen LogP contribution >= 0.6 is 0 Å². The lowest BCUT2D eigenvalue weighted by Gasteiger charge is -2.22. The van der Waals surface area contributed by atoms with Gasteiger partial charge in [-0.2, -0.15) is 0 Å². The molecule has 0 radical (unpaired) electrons. The molecule has 0 unspecified atom stereocenters.